The van der Waals surface area contributed by atoms with E-state index in [4.69, 9.17) is 44.1 Å². The summed E-state index contributed by atoms with van der Waals surface area (Å²) in [7, 11) is 0. The summed E-state index contributed by atoms with van der Waals surface area (Å²) in [6, 6.07) is 173. The van der Waals surface area contributed by atoms with Crippen molar-refractivity contribution in [1.82, 2.24) is 29.9 Å². The van der Waals surface area contributed by atoms with Crippen LogP contribution >= 0.6 is 0 Å². The first-order valence-corrected chi connectivity index (χ1v) is 45.7. The van der Waals surface area contributed by atoms with Crippen LogP contribution in [0.25, 0.3) is 102 Å². The van der Waals surface area contributed by atoms with E-state index >= 15 is 0 Å². The van der Waals surface area contributed by atoms with Gasteiger partial charge in [0.15, 0.2) is 17.5 Å². The molecule has 0 spiro atoms. The van der Waals surface area contributed by atoms with Crippen molar-refractivity contribution in [3.05, 3.63) is 575 Å². The van der Waals surface area contributed by atoms with Crippen LogP contribution < -0.4 is 14.2 Å². The number of aromatic nitrogens is 6. The molecular weight excluding hydrogens is 1690 g/mol. The Morgan fingerprint density at radius 2 is 0.428 bits per heavy atom. The van der Waals surface area contributed by atoms with Crippen molar-refractivity contribution in [3.8, 4) is 154 Å². The predicted octanol–water partition coefficient (Wildman–Crippen LogP) is 29.5. The molecule has 18 aromatic carbocycles. The van der Waals surface area contributed by atoms with Crippen LogP contribution in [-0.2, 0) is 16.2 Å². The van der Waals surface area contributed by atoms with Crippen LogP contribution in [0.5, 0.6) is 34.5 Å². The molecule has 0 fully saturated rings. The second-order valence-corrected chi connectivity index (χ2v) is 33.9. The minimum Gasteiger partial charge on any atom is -0.457 e. The Kier molecular flexibility index (Phi) is 22.7. The van der Waals surface area contributed by atoms with Crippen molar-refractivity contribution < 1.29 is 14.2 Å². The zero-order chi connectivity index (χ0) is 92.8. The van der Waals surface area contributed by atoms with E-state index in [1.807, 2.05) is 206 Å². The van der Waals surface area contributed by atoms with Gasteiger partial charge in [0, 0.05) is 83.5 Å². The normalized spacial score (nSPS) is 12.7. The van der Waals surface area contributed by atoms with Crippen LogP contribution in [0, 0.1) is 34.0 Å². The summed E-state index contributed by atoms with van der Waals surface area (Å²) in [4.78, 5) is 30.5. The van der Waals surface area contributed by atoms with Gasteiger partial charge < -0.3 is 14.2 Å². The maximum atomic E-state index is 9.38. The standard InChI is InChI=1S/3C42H27N3O/c43-28-29-23-25-30(26-24-29)37-27-38(45-41(44-37)31-13-4-1-5-14-31)34-19-12-21-36-40(34)46-39-22-11-10-20-35(39)42(36,32-15-6-2-7-16-32)33-17-8-3-9-18-33;43-28-29-20-22-31(23-21-29)38-27-37(30-12-4-1-5-13-30)44-41(45-38)32-24-25-40-36(26-32)42(33-14-6-2-7-15-33,34-16-8-3-9-17-34)35-18-10-11-19-39(35)46-40;43-28-29-20-22-31(23-21-29)38-27-37(30-12-4-1-5-13-30)44-41(45-38)32-24-25-36-40(26-32)46-39-19-11-10-18-35(39)42(36,33-14-6-2-7-15-33)34-16-8-3-9-17-34/h3*1-27H. The number of nitriles is 3. The minimum atomic E-state index is -0.643. The van der Waals surface area contributed by atoms with Crippen molar-refractivity contribution in [2.45, 2.75) is 16.2 Å². The zero-order valence-electron chi connectivity index (χ0n) is 74.5. The van der Waals surface area contributed by atoms with Gasteiger partial charge in [0.1, 0.15) is 34.5 Å². The number of fused-ring (bicyclic) bond motifs is 6. The first-order valence-electron chi connectivity index (χ1n) is 45.7. The first kappa shape index (κ1) is 84.6. The molecule has 0 unspecified atom stereocenters. The maximum absolute atomic E-state index is 9.38. The molecule has 6 heterocycles. The average molecular weight is 1770 g/mol. The SMILES string of the molecule is N#Cc1ccc(-c2cc(-c3cccc4c3Oc3ccccc3C4(c3ccccc3)c3ccccc3)nc(-c3ccccc3)n2)cc1.N#Cc1ccc(-c2cc(-c3ccccc3)nc(-c3ccc4c(c3)C(c3ccccc3)(c3ccccc3)c3ccccc3O4)n2)cc1.N#Cc1ccc(-c2cc(-c3ccccc3)nc(-c3ccc4c(c3)Oc3ccccc3C4(c3ccccc3)c3ccccc3)n2)cc1. The van der Waals surface area contributed by atoms with Gasteiger partial charge in [-0.15, -0.1) is 0 Å². The van der Waals surface area contributed by atoms with E-state index in [9.17, 15) is 15.8 Å². The van der Waals surface area contributed by atoms with Gasteiger partial charge in [-0.05, 0) is 137 Å². The summed E-state index contributed by atoms with van der Waals surface area (Å²) < 4.78 is 20.2. The van der Waals surface area contributed by atoms with E-state index in [1.165, 1.54) is 0 Å². The molecule has 21 aromatic rings. The molecule has 0 aliphatic carbocycles. The van der Waals surface area contributed by atoms with E-state index in [2.05, 4.69) is 303 Å². The summed E-state index contributed by atoms with van der Waals surface area (Å²) in [6.07, 6.45) is 0. The van der Waals surface area contributed by atoms with Crippen molar-refractivity contribution in [2.24, 2.45) is 0 Å². The molecule has 138 heavy (non-hydrogen) atoms. The van der Waals surface area contributed by atoms with E-state index in [1.54, 1.807) is 0 Å². The van der Waals surface area contributed by atoms with Gasteiger partial charge in [0.2, 0.25) is 0 Å². The highest BCUT2D eigenvalue weighted by Crippen LogP contribution is 2.61. The molecule has 648 valence electrons. The molecule has 3 aromatic heterocycles. The lowest BCUT2D eigenvalue weighted by Crippen LogP contribution is -2.34. The Bertz CT molecular complexity index is 8000. The predicted molar refractivity (Wildman–Crippen MR) is 544 cm³/mol. The summed E-state index contributed by atoms with van der Waals surface area (Å²) in [5, 5.41) is 28.1. The molecule has 0 atom stereocenters. The third-order valence-corrected chi connectivity index (χ3v) is 26.0. The van der Waals surface area contributed by atoms with Crippen LogP contribution in [0.15, 0.2) is 491 Å². The lowest BCUT2D eigenvalue weighted by Gasteiger charge is -2.42. The smallest absolute Gasteiger partial charge is 0.160 e. The summed E-state index contributed by atoms with van der Waals surface area (Å²) >= 11 is 0. The van der Waals surface area contributed by atoms with Crippen LogP contribution in [-0.4, -0.2) is 29.9 Å². The zero-order valence-corrected chi connectivity index (χ0v) is 74.5. The van der Waals surface area contributed by atoms with E-state index in [0.717, 1.165) is 185 Å². The summed E-state index contributed by atoms with van der Waals surface area (Å²) in [5.74, 6) is 6.59. The van der Waals surface area contributed by atoms with Crippen molar-refractivity contribution in [2.75, 3.05) is 0 Å². The molecule has 12 heteroatoms. The van der Waals surface area contributed by atoms with E-state index in [-0.39, 0.29) is 0 Å². The molecule has 0 saturated carbocycles. The van der Waals surface area contributed by atoms with Gasteiger partial charge in [-0.1, -0.05) is 388 Å². The molecule has 3 aliphatic rings. The number of rotatable bonds is 15. The number of hydrogen-bond acceptors (Lipinski definition) is 12. The topological polar surface area (TPSA) is 176 Å². The quantitative estimate of drug-likeness (QED) is 0.0950. The number of para-hydroxylation sites is 4. The minimum absolute atomic E-state index is 0.592. The number of hydrogen-bond donors (Lipinski definition) is 0. The highest BCUT2D eigenvalue weighted by molar-refractivity contribution is 5.84. The van der Waals surface area contributed by atoms with Gasteiger partial charge >= 0.3 is 0 Å². The fraction of sp³-hybridized carbons (Fsp3) is 0.0238. The molecule has 0 saturated heterocycles. The van der Waals surface area contributed by atoms with Crippen molar-refractivity contribution in [1.29, 1.82) is 15.8 Å². The van der Waals surface area contributed by atoms with Crippen LogP contribution in [0.4, 0.5) is 0 Å². The molecular formula is C126H81N9O3. The first-order chi connectivity index (χ1) is 68.2. The third kappa shape index (κ3) is 15.6. The second-order valence-electron chi connectivity index (χ2n) is 33.9. The van der Waals surface area contributed by atoms with Crippen LogP contribution in [0.1, 0.15) is 83.5 Å². The summed E-state index contributed by atoms with van der Waals surface area (Å²) in [6.45, 7) is 0. The fourth-order valence-electron chi connectivity index (χ4n) is 19.7. The van der Waals surface area contributed by atoms with Crippen molar-refractivity contribution in [3.63, 3.8) is 0 Å². The van der Waals surface area contributed by atoms with Gasteiger partial charge in [0.05, 0.1) is 85.3 Å². The highest BCUT2D eigenvalue weighted by atomic mass is 16.5. The van der Waals surface area contributed by atoms with Gasteiger partial charge in [-0.3, -0.25) is 0 Å². The van der Waals surface area contributed by atoms with Crippen LogP contribution in [0.3, 0.4) is 0 Å². The molecule has 0 amide bonds. The Morgan fingerprint density at radius 1 is 0.174 bits per heavy atom. The van der Waals surface area contributed by atoms with E-state index < -0.39 is 16.2 Å². The Morgan fingerprint density at radius 3 is 0.804 bits per heavy atom. The van der Waals surface area contributed by atoms with Gasteiger partial charge in [0.25, 0.3) is 0 Å². The molecule has 3 aliphatic heterocycles. The Hall–Kier alpha value is -18.9. The van der Waals surface area contributed by atoms with Gasteiger partial charge in [-0.2, -0.15) is 15.8 Å². The fourth-order valence-corrected chi connectivity index (χ4v) is 19.7. The lowest BCUT2D eigenvalue weighted by atomic mass is 9.63. The molecule has 0 radical (unpaired) electrons. The monoisotopic (exact) mass is 1770 g/mol. The largest absolute Gasteiger partial charge is 0.457 e. The molecule has 12 nitrogen and oxygen atoms in total. The average Bonchev–Trinajstić information content (AvgIpc) is 0.709. The number of benzene rings is 18. The number of nitrogens with zero attached hydrogens (tertiary/aromatic N) is 9. The van der Waals surface area contributed by atoms with Crippen molar-refractivity contribution >= 4 is 0 Å². The van der Waals surface area contributed by atoms with Crippen LogP contribution in [0.2, 0.25) is 0 Å². The number of ether oxygens (including phenoxy) is 3. The maximum Gasteiger partial charge on any atom is 0.160 e. The van der Waals surface area contributed by atoms with E-state index in [0.29, 0.717) is 34.2 Å². The Labute approximate surface area is 800 Å². The molecule has 24 rings (SSSR count). The highest BCUT2D eigenvalue weighted by Gasteiger charge is 2.49. The van der Waals surface area contributed by atoms with Gasteiger partial charge in [-0.25, -0.2) is 29.9 Å². The second kappa shape index (κ2) is 37.0. The summed E-state index contributed by atoms with van der Waals surface area (Å²) in [5.41, 5.74) is 26.2. The lowest BCUT2D eigenvalue weighted by molar-refractivity contribution is 0.434. The Balaban J connectivity index is 0.000000119. The molecule has 0 bridgehead atoms. The molecule has 0 N–H and O–H groups in total. The third-order valence-electron chi connectivity index (χ3n) is 26.0.